The highest BCUT2D eigenvalue weighted by Gasteiger charge is 2.37. The molecule has 0 unspecified atom stereocenters. The second-order valence-electron chi connectivity index (χ2n) is 13.5. The molecule has 224 valence electrons. The second kappa shape index (κ2) is 11.5. The normalized spacial score (nSPS) is 14.7. The molecule has 0 atom stereocenters. The molecule has 0 amide bonds. The van der Waals surface area contributed by atoms with Gasteiger partial charge in [-0.2, -0.15) is 0 Å². The number of benzene rings is 5. The molecule has 0 N–H and O–H groups in total. The summed E-state index contributed by atoms with van der Waals surface area (Å²) in [6, 6.07) is 41.4. The Kier molecular flexibility index (Phi) is 7.34. The molecule has 5 aromatic carbocycles. The van der Waals surface area contributed by atoms with Gasteiger partial charge in [-0.05, 0) is 63.1 Å². The van der Waals surface area contributed by atoms with Crippen molar-refractivity contribution in [3.8, 4) is 56.4 Å². The molecular weight excluding hydrogens is 560 g/mol. The monoisotopic (exact) mass is 596 g/mol. The summed E-state index contributed by atoms with van der Waals surface area (Å²) in [7, 11) is 0. The van der Waals surface area contributed by atoms with Crippen molar-refractivity contribution in [3.63, 3.8) is 0 Å². The fraction of sp³-hybridized carbons (Fsp3) is 0.190. The zero-order valence-corrected chi connectivity index (χ0v) is 26.8. The molecular formula is C42H36N4. The van der Waals surface area contributed by atoms with Crippen LogP contribution in [0.5, 0.6) is 0 Å². The maximum Gasteiger partial charge on any atom is 0.205 e. The van der Waals surface area contributed by atoms with E-state index < -0.39 is 0 Å². The lowest BCUT2D eigenvalue weighted by Crippen LogP contribution is -2.33. The first kappa shape index (κ1) is 29.3. The molecule has 1 aliphatic rings. The van der Waals surface area contributed by atoms with E-state index in [9.17, 15) is 0 Å². The van der Waals surface area contributed by atoms with Gasteiger partial charge in [0.15, 0.2) is 17.5 Å². The number of para-hydroxylation sites is 1. The maximum atomic E-state index is 8.20. The van der Waals surface area contributed by atoms with Crippen LogP contribution in [0.15, 0.2) is 121 Å². The summed E-state index contributed by atoms with van der Waals surface area (Å²) < 4.78 is 0. The SMILES string of the molecule is [C-]#[N+]c1c(-c2ccccc2)cccc1-c1nc(-c2ccc(-c3ccccc3)cc2)nc(-c2ccc3c(c2)C(C)(C)CCC3(C)C)n1. The van der Waals surface area contributed by atoms with Crippen LogP contribution in [0.1, 0.15) is 51.7 Å². The van der Waals surface area contributed by atoms with Crippen molar-refractivity contribution in [2.75, 3.05) is 0 Å². The molecule has 0 aliphatic heterocycles. The molecule has 1 aromatic heterocycles. The summed E-state index contributed by atoms with van der Waals surface area (Å²) in [6.07, 6.45) is 2.28. The third kappa shape index (κ3) is 5.39. The first-order chi connectivity index (χ1) is 22.2. The van der Waals surface area contributed by atoms with Crippen LogP contribution < -0.4 is 0 Å². The number of nitrogens with zero attached hydrogens (tertiary/aromatic N) is 4. The number of rotatable bonds is 5. The van der Waals surface area contributed by atoms with Crippen molar-refractivity contribution in [1.29, 1.82) is 0 Å². The summed E-state index contributed by atoms with van der Waals surface area (Å²) in [5, 5.41) is 0. The molecule has 1 aliphatic carbocycles. The first-order valence-corrected chi connectivity index (χ1v) is 15.9. The third-order valence-corrected chi connectivity index (χ3v) is 9.47. The Morgan fingerprint density at radius 1 is 0.478 bits per heavy atom. The highest BCUT2D eigenvalue weighted by atomic mass is 15.0. The van der Waals surface area contributed by atoms with E-state index in [0.717, 1.165) is 46.2 Å². The molecule has 4 nitrogen and oxygen atoms in total. The Bertz CT molecular complexity index is 2090. The van der Waals surface area contributed by atoms with Crippen LogP contribution in [0.2, 0.25) is 0 Å². The quantitative estimate of drug-likeness (QED) is 0.186. The standard InChI is InChI=1S/C42H36N4/c1-41(2)25-26-42(3,4)36-27-32(23-24-35(36)41)39-44-38(31-21-19-29(20-22-31)28-13-8-6-9-14-28)45-40(46-39)34-18-12-17-33(37(34)43-5)30-15-10-7-11-16-30/h6-24,27H,25-26H2,1-4H3. The topological polar surface area (TPSA) is 43.0 Å². The predicted molar refractivity (Wildman–Crippen MR) is 189 cm³/mol. The van der Waals surface area contributed by atoms with Crippen LogP contribution >= 0.6 is 0 Å². The fourth-order valence-electron chi connectivity index (χ4n) is 6.62. The molecule has 0 fully saturated rings. The third-order valence-electron chi connectivity index (χ3n) is 9.47. The van der Waals surface area contributed by atoms with Crippen LogP contribution in [0.25, 0.3) is 61.3 Å². The molecule has 0 spiro atoms. The first-order valence-electron chi connectivity index (χ1n) is 15.9. The average Bonchev–Trinajstić information content (AvgIpc) is 3.10. The van der Waals surface area contributed by atoms with Crippen LogP contribution in [-0.4, -0.2) is 15.0 Å². The molecule has 4 heteroatoms. The molecule has 7 rings (SSSR count). The van der Waals surface area contributed by atoms with E-state index in [0.29, 0.717) is 28.7 Å². The van der Waals surface area contributed by atoms with E-state index in [2.05, 4.69) is 87.1 Å². The highest BCUT2D eigenvalue weighted by Crippen LogP contribution is 2.47. The number of hydrogen-bond acceptors (Lipinski definition) is 3. The molecule has 1 heterocycles. The minimum absolute atomic E-state index is 0.0497. The van der Waals surface area contributed by atoms with Crippen LogP contribution in [-0.2, 0) is 10.8 Å². The van der Waals surface area contributed by atoms with Gasteiger partial charge in [-0.25, -0.2) is 19.8 Å². The molecule has 46 heavy (non-hydrogen) atoms. The van der Waals surface area contributed by atoms with Gasteiger partial charge in [0.1, 0.15) is 0 Å². The largest absolute Gasteiger partial charge is 0.237 e. The van der Waals surface area contributed by atoms with Gasteiger partial charge in [-0.3, -0.25) is 0 Å². The van der Waals surface area contributed by atoms with Crippen molar-refractivity contribution < 1.29 is 0 Å². The van der Waals surface area contributed by atoms with Gasteiger partial charge in [-0.15, -0.1) is 0 Å². The highest BCUT2D eigenvalue weighted by molar-refractivity contribution is 5.89. The zero-order chi connectivity index (χ0) is 31.9. The lowest BCUT2D eigenvalue weighted by molar-refractivity contribution is 0.332. The van der Waals surface area contributed by atoms with E-state index >= 15 is 0 Å². The summed E-state index contributed by atoms with van der Waals surface area (Å²) in [5.74, 6) is 1.68. The summed E-state index contributed by atoms with van der Waals surface area (Å²) in [6.45, 7) is 17.5. The lowest BCUT2D eigenvalue weighted by atomic mass is 9.63. The lowest BCUT2D eigenvalue weighted by Gasteiger charge is -2.42. The number of hydrogen-bond donors (Lipinski definition) is 0. The molecule has 0 saturated heterocycles. The van der Waals surface area contributed by atoms with Crippen molar-refractivity contribution in [3.05, 3.63) is 144 Å². The Morgan fingerprint density at radius 2 is 0.978 bits per heavy atom. The van der Waals surface area contributed by atoms with Crippen molar-refractivity contribution in [2.24, 2.45) is 0 Å². The molecule has 0 radical (unpaired) electrons. The van der Waals surface area contributed by atoms with Gasteiger partial charge in [-0.1, -0.05) is 143 Å². The Morgan fingerprint density at radius 3 is 1.63 bits per heavy atom. The van der Waals surface area contributed by atoms with Gasteiger partial charge >= 0.3 is 0 Å². The number of fused-ring (bicyclic) bond motifs is 1. The van der Waals surface area contributed by atoms with Crippen molar-refractivity contribution in [1.82, 2.24) is 15.0 Å². The van der Waals surface area contributed by atoms with Crippen molar-refractivity contribution in [2.45, 2.75) is 51.4 Å². The fourth-order valence-corrected chi connectivity index (χ4v) is 6.62. The van der Waals surface area contributed by atoms with E-state index in [1.807, 2.05) is 66.7 Å². The minimum atomic E-state index is 0.0497. The van der Waals surface area contributed by atoms with E-state index in [4.69, 9.17) is 21.5 Å². The maximum absolute atomic E-state index is 8.20. The zero-order valence-electron chi connectivity index (χ0n) is 26.8. The predicted octanol–water partition coefficient (Wildman–Crippen LogP) is 11.1. The molecule has 0 bridgehead atoms. The van der Waals surface area contributed by atoms with Gasteiger partial charge < -0.3 is 0 Å². The molecule has 6 aromatic rings. The summed E-state index contributed by atoms with van der Waals surface area (Å²) >= 11 is 0. The Balaban J connectivity index is 1.42. The molecule has 0 saturated carbocycles. The van der Waals surface area contributed by atoms with Gasteiger partial charge in [0.05, 0.1) is 6.57 Å². The van der Waals surface area contributed by atoms with Gasteiger partial charge in [0, 0.05) is 16.7 Å². The summed E-state index contributed by atoms with van der Waals surface area (Å²) in [5.41, 5.74) is 10.1. The van der Waals surface area contributed by atoms with Gasteiger partial charge in [0.25, 0.3) is 0 Å². The summed E-state index contributed by atoms with van der Waals surface area (Å²) in [4.78, 5) is 19.2. The van der Waals surface area contributed by atoms with Crippen LogP contribution in [0, 0.1) is 6.57 Å². The second-order valence-corrected chi connectivity index (χ2v) is 13.5. The van der Waals surface area contributed by atoms with Crippen LogP contribution in [0.3, 0.4) is 0 Å². The van der Waals surface area contributed by atoms with Crippen molar-refractivity contribution >= 4 is 5.69 Å². The van der Waals surface area contributed by atoms with E-state index in [1.165, 1.54) is 11.1 Å². The smallest absolute Gasteiger partial charge is 0.205 e. The van der Waals surface area contributed by atoms with E-state index in [1.54, 1.807) is 0 Å². The Hall–Kier alpha value is -5.40. The minimum Gasteiger partial charge on any atom is -0.237 e. The van der Waals surface area contributed by atoms with E-state index in [-0.39, 0.29) is 10.8 Å². The average molecular weight is 597 g/mol. The van der Waals surface area contributed by atoms with Gasteiger partial charge in [0.2, 0.25) is 5.69 Å². The van der Waals surface area contributed by atoms with Crippen LogP contribution in [0.4, 0.5) is 5.69 Å². The Labute approximate surface area is 271 Å². The number of aromatic nitrogens is 3.